The highest BCUT2D eigenvalue weighted by molar-refractivity contribution is 6.12. The van der Waals surface area contributed by atoms with Crippen LogP contribution in [-0.4, -0.2) is 34.9 Å². The van der Waals surface area contributed by atoms with Crippen molar-refractivity contribution in [3.63, 3.8) is 0 Å². The molecule has 1 unspecified atom stereocenters. The van der Waals surface area contributed by atoms with E-state index in [0.29, 0.717) is 6.04 Å². The molecule has 3 heterocycles. The van der Waals surface area contributed by atoms with Crippen molar-refractivity contribution < 1.29 is 4.79 Å². The number of anilines is 1. The van der Waals surface area contributed by atoms with Crippen LogP contribution < -0.4 is 10.6 Å². The number of piperidine rings is 1. The summed E-state index contributed by atoms with van der Waals surface area (Å²) < 4.78 is 0. The second kappa shape index (κ2) is 6.32. The fraction of sp³-hybridized carbons (Fsp3) is 0.556. The van der Waals surface area contributed by atoms with E-state index in [4.69, 9.17) is 0 Å². The zero-order chi connectivity index (χ0) is 15.6. The molecular weight excluding hydrogens is 288 g/mol. The van der Waals surface area contributed by atoms with E-state index in [1.54, 1.807) is 6.20 Å². The lowest BCUT2D eigenvalue weighted by Gasteiger charge is -2.25. The summed E-state index contributed by atoms with van der Waals surface area (Å²) in [6.07, 6.45) is 10.4. The van der Waals surface area contributed by atoms with Crippen molar-refractivity contribution >= 4 is 22.5 Å². The van der Waals surface area contributed by atoms with E-state index in [2.05, 4.69) is 20.6 Å². The molecule has 5 heteroatoms. The summed E-state index contributed by atoms with van der Waals surface area (Å²) in [4.78, 5) is 20.5. The molecule has 5 nitrogen and oxygen atoms in total. The van der Waals surface area contributed by atoms with Crippen LogP contribution in [0.15, 0.2) is 18.5 Å². The van der Waals surface area contributed by atoms with Gasteiger partial charge in [-0.15, -0.1) is 0 Å². The standard InChI is InChI=1S/C18H24N4O/c23-17(12-4-1-2-5-12)14-11-21-18-16(14)15(7-9-20-18)22-13-6-3-8-19-10-13/h7,9,11-13,19H,1-6,8,10H2,(H2,20,21,22). The van der Waals surface area contributed by atoms with E-state index in [1.165, 1.54) is 19.3 Å². The van der Waals surface area contributed by atoms with Gasteiger partial charge in [0.1, 0.15) is 5.65 Å². The van der Waals surface area contributed by atoms with Gasteiger partial charge in [0.2, 0.25) is 0 Å². The molecule has 2 fully saturated rings. The van der Waals surface area contributed by atoms with E-state index in [-0.39, 0.29) is 11.7 Å². The Labute approximate surface area is 136 Å². The van der Waals surface area contributed by atoms with Crippen LogP contribution in [0.1, 0.15) is 48.9 Å². The molecule has 2 aromatic heterocycles. The molecular formula is C18H24N4O. The number of fused-ring (bicyclic) bond motifs is 1. The van der Waals surface area contributed by atoms with E-state index in [9.17, 15) is 4.79 Å². The zero-order valence-corrected chi connectivity index (χ0v) is 13.4. The summed E-state index contributed by atoms with van der Waals surface area (Å²) in [6, 6.07) is 2.41. The molecule has 23 heavy (non-hydrogen) atoms. The van der Waals surface area contributed by atoms with Gasteiger partial charge in [0.05, 0.1) is 5.39 Å². The first kappa shape index (κ1) is 14.7. The summed E-state index contributed by atoms with van der Waals surface area (Å²) in [7, 11) is 0. The molecule has 0 radical (unpaired) electrons. The highest BCUT2D eigenvalue weighted by atomic mass is 16.1. The third-order valence-corrected chi connectivity index (χ3v) is 5.22. The molecule has 0 spiro atoms. The number of hydrogen-bond acceptors (Lipinski definition) is 4. The number of rotatable bonds is 4. The number of Topliss-reactive ketones (excluding diaryl/α,β-unsaturated/α-hetero) is 1. The molecule has 122 valence electrons. The molecule has 1 atom stereocenters. The SMILES string of the molecule is O=C(c1c[nH]c2nccc(NC3CCCNC3)c12)C1CCCC1. The minimum Gasteiger partial charge on any atom is -0.380 e. The molecule has 0 bridgehead atoms. The third kappa shape index (κ3) is 2.85. The van der Waals surface area contributed by atoms with Crippen LogP contribution in [0, 0.1) is 5.92 Å². The van der Waals surface area contributed by atoms with Gasteiger partial charge >= 0.3 is 0 Å². The smallest absolute Gasteiger partial charge is 0.168 e. The lowest BCUT2D eigenvalue weighted by Crippen LogP contribution is -2.38. The second-order valence-corrected chi connectivity index (χ2v) is 6.82. The predicted octanol–water partition coefficient (Wildman–Crippen LogP) is 3.10. The number of carbonyl (C=O) groups excluding carboxylic acids is 1. The predicted molar refractivity (Wildman–Crippen MR) is 91.9 cm³/mol. The maximum atomic E-state index is 12.9. The highest BCUT2D eigenvalue weighted by Crippen LogP contribution is 2.33. The second-order valence-electron chi connectivity index (χ2n) is 6.82. The first-order valence-electron chi connectivity index (χ1n) is 8.80. The Kier molecular flexibility index (Phi) is 4.04. The normalized spacial score (nSPS) is 22.5. The van der Waals surface area contributed by atoms with Crippen molar-refractivity contribution in [3.05, 3.63) is 24.0 Å². The largest absolute Gasteiger partial charge is 0.380 e. The van der Waals surface area contributed by atoms with E-state index >= 15 is 0 Å². The molecule has 1 saturated heterocycles. The van der Waals surface area contributed by atoms with Crippen molar-refractivity contribution in [1.29, 1.82) is 0 Å². The number of ketones is 1. The summed E-state index contributed by atoms with van der Waals surface area (Å²) >= 11 is 0. The zero-order valence-electron chi connectivity index (χ0n) is 13.4. The van der Waals surface area contributed by atoms with Gasteiger partial charge in [0.15, 0.2) is 5.78 Å². The Bertz CT molecular complexity index is 696. The van der Waals surface area contributed by atoms with Gasteiger partial charge in [-0.05, 0) is 38.3 Å². The summed E-state index contributed by atoms with van der Waals surface area (Å²) in [5.74, 6) is 0.477. The first-order valence-corrected chi connectivity index (χ1v) is 8.80. The van der Waals surface area contributed by atoms with Crippen LogP contribution in [0.4, 0.5) is 5.69 Å². The van der Waals surface area contributed by atoms with Gasteiger partial charge in [0, 0.05) is 42.1 Å². The Morgan fingerprint density at radius 2 is 2.09 bits per heavy atom. The molecule has 4 rings (SSSR count). The number of nitrogens with one attached hydrogen (secondary N) is 3. The van der Waals surface area contributed by atoms with Crippen LogP contribution in [-0.2, 0) is 0 Å². The molecule has 1 saturated carbocycles. The molecule has 3 N–H and O–H groups in total. The number of hydrogen-bond donors (Lipinski definition) is 3. The number of pyridine rings is 1. The van der Waals surface area contributed by atoms with Crippen LogP contribution in [0.3, 0.4) is 0 Å². The number of carbonyl (C=O) groups is 1. The maximum absolute atomic E-state index is 12.9. The number of aromatic amines is 1. The maximum Gasteiger partial charge on any atom is 0.168 e. The van der Waals surface area contributed by atoms with Gasteiger partial charge in [-0.3, -0.25) is 4.79 Å². The fourth-order valence-electron chi connectivity index (χ4n) is 3.97. The average molecular weight is 312 g/mol. The molecule has 1 aliphatic heterocycles. The minimum absolute atomic E-state index is 0.193. The van der Waals surface area contributed by atoms with Crippen molar-refractivity contribution in [2.45, 2.75) is 44.6 Å². The Hall–Kier alpha value is -1.88. The van der Waals surface area contributed by atoms with Crippen molar-refractivity contribution in [2.75, 3.05) is 18.4 Å². The quantitative estimate of drug-likeness (QED) is 0.759. The van der Waals surface area contributed by atoms with Gasteiger partial charge in [-0.2, -0.15) is 0 Å². The first-order chi connectivity index (χ1) is 11.3. The monoisotopic (exact) mass is 312 g/mol. The van der Waals surface area contributed by atoms with E-state index < -0.39 is 0 Å². The van der Waals surface area contributed by atoms with Crippen LogP contribution in [0.2, 0.25) is 0 Å². The summed E-state index contributed by atoms with van der Waals surface area (Å²) in [5, 5.41) is 8.01. The number of nitrogens with zero attached hydrogens (tertiary/aromatic N) is 1. The Morgan fingerprint density at radius 1 is 1.22 bits per heavy atom. The fourth-order valence-corrected chi connectivity index (χ4v) is 3.97. The summed E-state index contributed by atoms with van der Waals surface area (Å²) in [6.45, 7) is 2.07. The lowest BCUT2D eigenvalue weighted by molar-refractivity contribution is 0.0924. The van der Waals surface area contributed by atoms with Gasteiger partial charge in [-0.1, -0.05) is 12.8 Å². The number of aromatic nitrogens is 2. The Morgan fingerprint density at radius 3 is 2.87 bits per heavy atom. The van der Waals surface area contributed by atoms with E-state index in [1.807, 2.05) is 12.3 Å². The van der Waals surface area contributed by atoms with Gasteiger partial charge < -0.3 is 15.6 Å². The van der Waals surface area contributed by atoms with Crippen molar-refractivity contribution in [3.8, 4) is 0 Å². The average Bonchev–Trinajstić information content (AvgIpc) is 3.26. The molecule has 0 amide bonds. The topological polar surface area (TPSA) is 69.8 Å². The molecule has 2 aromatic rings. The van der Waals surface area contributed by atoms with Crippen LogP contribution >= 0.6 is 0 Å². The highest BCUT2D eigenvalue weighted by Gasteiger charge is 2.27. The van der Waals surface area contributed by atoms with E-state index in [0.717, 1.165) is 54.6 Å². The van der Waals surface area contributed by atoms with Gasteiger partial charge in [-0.25, -0.2) is 4.98 Å². The molecule has 1 aliphatic carbocycles. The third-order valence-electron chi connectivity index (χ3n) is 5.22. The van der Waals surface area contributed by atoms with Crippen molar-refractivity contribution in [1.82, 2.24) is 15.3 Å². The number of H-pyrrole nitrogens is 1. The molecule has 0 aromatic carbocycles. The Balaban J connectivity index is 1.67. The minimum atomic E-state index is 0.193. The van der Waals surface area contributed by atoms with Crippen LogP contribution in [0.25, 0.3) is 11.0 Å². The van der Waals surface area contributed by atoms with Crippen molar-refractivity contribution in [2.24, 2.45) is 5.92 Å². The lowest BCUT2D eigenvalue weighted by atomic mass is 9.96. The van der Waals surface area contributed by atoms with Gasteiger partial charge in [0.25, 0.3) is 0 Å². The van der Waals surface area contributed by atoms with Crippen LogP contribution in [0.5, 0.6) is 0 Å². The molecule has 2 aliphatic rings. The summed E-state index contributed by atoms with van der Waals surface area (Å²) in [5.41, 5.74) is 2.65.